The van der Waals surface area contributed by atoms with Gasteiger partial charge in [-0.3, -0.25) is 4.79 Å². The van der Waals surface area contributed by atoms with Gasteiger partial charge in [-0.2, -0.15) is 4.98 Å². The number of anilines is 1. The second-order valence-electron chi connectivity index (χ2n) is 4.31. The average molecular weight is 250 g/mol. The Morgan fingerprint density at radius 3 is 2.50 bits per heavy atom. The predicted octanol–water partition coefficient (Wildman–Crippen LogP) is 0.462. The first kappa shape index (κ1) is 12.6. The lowest BCUT2D eigenvalue weighted by Gasteiger charge is -2.34. The van der Waals surface area contributed by atoms with Crippen molar-refractivity contribution in [2.45, 2.75) is 13.8 Å². The zero-order valence-corrected chi connectivity index (χ0v) is 11.0. The number of amides is 1. The molecular weight excluding hydrogens is 232 g/mol. The second kappa shape index (κ2) is 5.20. The van der Waals surface area contributed by atoms with Crippen molar-refractivity contribution >= 4 is 11.7 Å². The lowest BCUT2D eigenvalue weighted by molar-refractivity contribution is -0.129. The van der Waals surface area contributed by atoms with E-state index < -0.39 is 0 Å². The third kappa shape index (κ3) is 2.69. The molecule has 1 fully saturated rings. The van der Waals surface area contributed by atoms with Gasteiger partial charge in [0, 0.05) is 39.2 Å². The van der Waals surface area contributed by atoms with Crippen LogP contribution in [-0.2, 0) is 4.79 Å². The van der Waals surface area contributed by atoms with E-state index in [4.69, 9.17) is 4.74 Å². The summed E-state index contributed by atoms with van der Waals surface area (Å²) in [7, 11) is 1.60. The molecule has 1 aromatic rings. The highest BCUT2D eigenvalue weighted by Crippen LogP contribution is 2.18. The fraction of sp³-hybridized carbons (Fsp3) is 0.583. The van der Waals surface area contributed by atoms with Crippen LogP contribution >= 0.6 is 0 Å². The fourth-order valence-electron chi connectivity index (χ4n) is 2.04. The minimum atomic E-state index is 0.131. The minimum Gasteiger partial charge on any atom is -0.481 e. The number of methoxy groups -OCH3 is 1. The summed E-state index contributed by atoms with van der Waals surface area (Å²) in [5, 5.41) is 0. The van der Waals surface area contributed by atoms with Crippen LogP contribution in [0.15, 0.2) is 6.07 Å². The Balaban J connectivity index is 2.09. The van der Waals surface area contributed by atoms with Crippen LogP contribution in [0.2, 0.25) is 0 Å². The van der Waals surface area contributed by atoms with Gasteiger partial charge in [-0.15, -0.1) is 0 Å². The summed E-state index contributed by atoms with van der Waals surface area (Å²) in [5.74, 6) is 2.26. The van der Waals surface area contributed by atoms with Crippen LogP contribution in [0, 0.1) is 6.92 Å². The Hall–Kier alpha value is -1.85. The van der Waals surface area contributed by atoms with Gasteiger partial charge in [0.25, 0.3) is 0 Å². The molecule has 0 aromatic carbocycles. The Bertz CT molecular complexity index is 442. The zero-order chi connectivity index (χ0) is 13.1. The molecule has 0 radical (unpaired) electrons. The first-order chi connectivity index (χ1) is 8.60. The van der Waals surface area contributed by atoms with Crippen LogP contribution in [-0.4, -0.2) is 54.1 Å². The van der Waals surface area contributed by atoms with E-state index in [0.717, 1.165) is 32.0 Å². The first-order valence-corrected chi connectivity index (χ1v) is 6.00. The number of carbonyl (C=O) groups is 1. The highest BCUT2D eigenvalue weighted by molar-refractivity contribution is 5.73. The molecule has 1 aliphatic rings. The van der Waals surface area contributed by atoms with Gasteiger partial charge in [0.1, 0.15) is 11.6 Å². The standard InChI is InChI=1S/C12H18N4O2/c1-9-13-11(8-12(14-9)18-3)16-6-4-15(5-7-16)10(2)17/h8H,4-7H2,1-3H3. The summed E-state index contributed by atoms with van der Waals surface area (Å²) in [6, 6.07) is 1.83. The number of aromatic nitrogens is 2. The summed E-state index contributed by atoms with van der Waals surface area (Å²) in [5.41, 5.74) is 0. The van der Waals surface area contributed by atoms with Crippen LogP contribution < -0.4 is 9.64 Å². The first-order valence-electron chi connectivity index (χ1n) is 6.00. The third-order valence-corrected chi connectivity index (χ3v) is 3.06. The molecule has 2 rings (SSSR count). The van der Waals surface area contributed by atoms with Gasteiger partial charge in [0.15, 0.2) is 0 Å². The van der Waals surface area contributed by atoms with Gasteiger partial charge in [0.2, 0.25) is 11.8 Å². The van der Waals surface area contributed by atoms with E-state index in [1.165, 1.54) is 0 Å². The normalized spacial score (nSPS) is 15.7. The molecule has 0 N–H and O–H groups in total. The maximum atomic E-state index is 11.3. The highest BCUT2D eigenvalue weighted by atomic mass is 16.5. The van der Waals surface area contributed by atoms with E-state index in [0.29, 0.717) is 11.7 Å². The molecule has 1 aliphatic heterocycles. The quantitative estimate of drug-likeness (QED) is 0.763. The molecule has 6 heteroatoms. The van der Waals surface area contributed by atoms with Crippen LogP contribution in [0.4, 0.5) is 5.82 Å². The van der Waals surface area contributed by atoms with Gasteiger partial charge in [-0.05, 0) is 6.92 Å². The van der Waals surface area contributed by atoms with Crippen molar-refractivity contribution in [1.29, 1.82) is 0 Å². The Labute approximate surface area is 107 Å². The Morgan fingerprint density at radius 1 is 1.28 bits per heavy atom. The molecule has 2 heterocycles. The number of piperazine rings is 1. The van der Waals surface area contributed by atoms with Gasteiger partial charge >= 0.3 is 0 Å². The SMILES string of the molecule is COc1cc(N2CCN(C(C)=O)CC2)nc(C)n1. The Kier molecular flexibility index (Phi) is 3.64. The summed E-state index contributed by atoms with van der Waals surface area (Å²) in [6.07, 6.45) is 0. The molecule has 0 spiro atoms. The van der Waals surface area contributed by atoms with Crippen molar-refractivity contribution in [3.63, 3.8) is 0 Å². The van der Waals surface area contributed by atoms with E-state index in [1.807, 2.05) is 17.9 Å². The van der Waals surface area contributed by atoms with E-state index in [9.17, 15) is 4.79 Å². The number of rotatable bonds is 2. The number of carbonyl (C=O) groups excluding carboxylic acids is 1. The van der Waals surface area contributed by atoms with Gasteiger partial charge < -0.3 is 14.5 Å². The molecule has 1 amide bonds. The predicted molar refractivity (Wildman–Crippen MR) is 67.8 cm³/mol. The van der Waals surface area contributed by atoms with Crippen molar-refractivity contribution < 1.29 is 9.53 Å². The van der Waals surface area contributed by atoms with Crippen molar-refractivity contribution in [3.8, 4) is 5.88 Å². The second-order valence-corrected chi connectivity index (χ2v) is 4.31. The highest BCUT2D eigenvalue weighted by Gasteiger charge is 2.20. The molecule has 18 heavy (non-hydrogen) atoms. The molecule has 98 valence electrons. The summed E-state index contributed by atoms with van der Waals surface area (Å²) >= 11 is 0. The molecule has 1 aromatic heterocycles. The number of hydrogen-bond acceptors (Lipinski definition) is 5. The van der Waals surface area contributed by atoms with E-state index in [2.05, 4.69) is 14.9 Å². The molecular formula is C12H18N4O2. The van der Waals surface area contributed by atoms with Gasteiger partial charge in [-0.1, -0.05) is 0 Å². The molecule has 6 nitrogen and oxygen atoms in total. The van der Waals surface area contributed by atoms with E-state index >= 15 is 0 Å². The molecule has 0 bridgehead atoms. The largest absolute Gasteiger partial charge is 0.481 e. The van der Waals surface area contributed by atoms with Crippen LogP contribution in [0.3, 0.4) is 0 Å². The van der Waals surface area contributed by atoms with E-state index in [-0.39, 0.29) is 5.91 Å². The molecule has 1 saturated heterocycles. The summed E-state index contributed by atoms with van der Waals surface area (Å²) in [6.45, 7) is 6.51. The smallest absolute Gasteiger partial charge is 0.219 e. The number of nitrogens with zero attached hydrogens (tertiary/aromatic N) is 4. The third-order valence-electron chi connectivity index (χ3n) is 3.06. The van der Waals surface area contributed by atoms with Crippen LogP contribution in [0.1, 0.15) is 12.7 Å². The number of hydrogen-bond donors (Lipinski definition) is 0. The van der Waals surface area contributed by atoms with Crippen molar-refractivity contribution in [3.05, 3.63) is 11.9 Å². The minimum absolute atomic E-state index is 0.131. The maximum absolute atomic E-state index is 11.3. The molecule has 0 aliphatic carbocycles. The summed E-state index contributed by atoms with van der Waals surface area (Å²) in [4.78, 5) is 23.8. The van der Waals surface area contributed by atoms with E-state index in [1.54, 1.807) is 14.0 Å². The number of ether oxygens (including phenoxy) is 1. The zero-order valence-electron chi connectivity index (χ0n) is 11.0. The lowest BCUT2D eigenvalue weighted by Crippen LogP contribution is -2.48. The van der Waals surface area contributed by atoms with Crippen LogP contribution in [0.5, 0.6) is 5.88 Å². The van der Waals surface area contributed by atoms with Crippen molar-refractivity contribution in [2.24, 2.45) is 0 Å². The topological polar surface area (TPSA) is 58.6 Å². The number of aryl methyl sites for hydroxylation is 1. The van der Waals surface area contributed by atoms with Crippen LogP contribution in [0.25, 0.3) is 0 Å². The van der Waals surface area contributed by atoms with Gasteiger partial charge in [0.05, 0.1) is 7.11 Å². The van der Waals surface area contributed by atoms with Crippen molar-refractivity contribution in [2.75, 3.05) is 38.2 Å². The Morgan fingerprint density at radius 2 is 1.94 bits per heavy atom. The molecule has 0 atom stereocenters. The van der Waals surface area contributed by atoms with Gasteiger partial charge in [-0.25, -0.2) is 4.98 Å². The molecule has 0 saturated carbocycles. The summed E-state index contributed by atoms with van der Waals surface area (Å²) < 4.78 is 5.14. The lowest BCUT2D eigenvalue weighted by atomic mass is 10.3. The average Bonchev–Trinajstić information content (AvgIpc) is 2.38. The van der Waals surface area contributed by atoms with Crippen molar-refractivity contribution in [1.82, 2.24) is 14.9 Å². The maximum Gasteiger partial charge on any atom is 0.219 e. The monoisotopic (exact) mass is 250 g/mol. The molecule has 0 unspecified atom stereocenters. The fourth-order valence-corrected chi connectivity index (χ4v) is 2.04.